The first kappa shape index (κ1) is 15.7. The molecule has 5 nitrogen and oxygen atoms in total. The molecular weight excluding hydrogens is 346 g/mol. The lowest BCUT2D eigenvalue weighted by Gasteiger charge is -2.33. The highest BCUT2D eigenvalue weighted by molar-refractivity contribution is 9.10. The normalized spacial score (nSPS) is 20.9. The van der Waals surface area contributed by atoms with Gasteiger partial charge in [0.2, 0.25) is 5.91 Å². The molecule has 2 aliphatic heterocycles. The van der Waals surface area contributed by atoms with Gasteiger partial charge in [0.25, 0.3) is 0 Å². The minimum atomic E-state index is 0.126. The van der Waals surface area contributed by atoms with Crippen LogP contribution >= 0.6 is 15.9 Å². The fourth-order valence-electron chi connectivity index (χ4n) is 3.12. The van der Waals surface area contributed by atoms with Crippen LogP contribution in [0.3, 0.4) is 0 Å². The van der Waals surface area contributed by atoms with Crippen molar-refractivity contribution in [3.8, 4) is 0 Å². The molecule has 2 fully saturated rings. The molecule has 2 aliphatic rings. The SMILES string of the molecule is O=C(NC1CCOCC1)C1CCN(c2ncccc2Br)CC1. The molecule has 0 aliphatic carbocycles. The number of pyridine rings is 1. The fraction of sp³-hybridized carbons (Fsp3) is 0.625. The van der Waals surface area contributed by atoms with Gasteiger partial charge < -0.3 is 15.0 Å². The Morgan fingerprint density at radius 3 is 2.68 bits per heavy atom. The van der Waals surface area contributed by atoms with Gasteiger partial charge in [0.1, 0.15) is 5.82 Å². The quantitative estimate of drug-likeness (QED) is 0.890. The summed E-state index contributed by atoms with van der Waals surface area (Å²) in [5.74, 6) is 1.32. The van der Waals surface area contributed by atoms with Crippen molar-refractivity contribution < 1.29 is 9.53 Å². The largest absolute Gasteiger partial charge is 0.381 e. The molecule has 1 amide bonds. The van der Waals surface area contributed by atoms with E-state index in [0.29, 0.717) is 6.04 Å². The zero-order valence-electron chi connectivity index (χ0n) is 12.6. The van der Waals surface area contributed by atoms with Crippen molar-refractivity contribution in [3.63, 3.8) is 0 Å². The van der Waals surface area contributed by atoms with Crippen molar-refractivity contribution in [2.45, 2.75) is 31.7 Å². The Bertz CT molecular complexity index is 512. The van der Waals surface area contributed by atoms with Crippen LogP contribution in [0.4, 0.5) is 5.82 Å². The minimum Gasteiger partial charge on any atom is -0.381 e. The van der Waals surface area contributed by atoms with Crippen LogP contribution in [0.15, 0.2) is 22.8 Å². The summed E-state index contributed by atoms with van der Waals surface area (Å²) in [6, 6.07) is 4.22. The molecule has 6 heteroatoms. The first-order valence-corrected chi connectivity index (χ1v) is 8.77. The highest BCUT2D eigenvalue weighted by Gasteiger charge is 2.28. The zero-order valence-corrected chi connectivity index (χ0v) is 14.2. The Kier molecular flexibility index (Phi) is 5.31. The molecule has 1 N–H and O–H groups in total. The average Bonchev–Trinajstić information content (AvgIpc) is 2.56. The van der Waals surface area contributed by atoms with E-state index in [4.69, 9.17) is 4.74 Å². The van der Waals surface area contributed by atoms with Crippen molar-refractivity contribution >= 4 is 27.7 Å². The molecule has 22 heavy (non-hydrogen) atoms. The second-order valence-electron chi connectivity index (χ2n) is 5.97. The summed E-state index contributed by atoms with van der Waals surface area (Å²) in [7, 11) is 0. The van der Waals surface area contributed by atoms with Crippen LogP contribution in [0.25, 0.3) is 0 Å². The van der Waals surface area contributed by atoms with E-state index in [1.54, 1.807) is 0 Å². The number of carbonyl (C=O) groups excluding carboxylic acids is 1. The number of rotatable bonds is 3. The molecule has 120 valence electrons. The number of carbonyl (C=O) groups is 1. The molecule has 0 atom stereocenters. The number of piperidine rings is 1. The van der Waals surface area contributed by atoms with Crippen molar-refractivity contribution in [3.05, 3.63) is 22.8 Å². The van der Waals surface area contributed by atoms with Gasteiger partial charge in [0, 0.05) is 44.5 Å². The summed E-state index contributed by atoms with van der Waals surface area (Å²) in [6.45, 7) is 3.27. The van der Waals surface area contributed by atoms with E-state index < -0.39 is 0 Å². The van der Waals surface area contributed by atoms with E-state index in [1.807, 2.05) is 18.3 Å². The summed E-state index contributed by atoms with van der Waals surface area (Å²) in [5.41, 5.74) is 0. The molecule has 3 heterocycles. The van der Waals surface area contributed by atoms with Crippen molar-refractivity contribution in [2.24, 2.45) is 5.92 Å². The van der Waals surface area contributed by atoms with E-state index in [1.165, 1.54) is 0 Å². The lowest BCUT2D eigenvalue weighted by Crippen LogP contribution is -2.45. The minimum absolute atomic E-state index is 0.126. The highest BCUT2D eigenvalue weighted by Crippen LogP contribution is 2.27. The number of anilines is 1. The number of hydrogen-bond acceptors (Lipinski definition) is 4. The van der Waals surface area contributed by atoms with Gasteiger partial charge in [-0.05, 0) is 53.7 Å². The molecule has 0 spiro atoms. The Hall–Kier alpha value is -1.14. The van der Waals surface area contributed by atoms with E-state index in [-0.39, 0.29) is 11.8 Å². The van der Waals surface area contributed by atoms with Gasteiger partial charge in [-0.2, -0.15) is 0 Å². The third-order valence-electron chi connectivity index (χ3n) is 4.47. The van der Waals surface area contributed by atoms with Gasteiger partial charge in [-0.1, -0.05) is 0 Å². The van der Waals surface area contributed by atoms with Crippen LogP contribution in [-0.4, -0.2) is 43.2 Å². The van der Waals surface area contributed by atoms with Crippen molar-refractivity contribution in [2.75, 3.05) is 31.2 Å². The topological polar surface area (TPSA) is 54.5 Å². The standard InChI is InChI=1S/C16H22BrN3O2/c17-14-2-1-7-18-15(14)20-8-3-12(4-9-20)16(21)19-13-5-10-22-11-6-13/h1-2,7,12-13H,3-6,8-11H2,(H,19,21). The summed E-state index contributed by atoms with van der Waals surface area (Å²) >= 11 is 3.55. The molecule has 0 aromatic carbocycles. The molecule has 0 saturated carbocycles. The number of nitrogens with one attached hydrogen (secondary N) is 1. The third kappa shape index (κ3) is 3.79. The van der Waals surface area contributed by atoms with Crippen LogP contribution < -0.4 is 10.2 Å². The first-order chi connectivity index (χ1) is 10.7. The van der Waals surface area contributed by atoms with E-state index >= 15 is 0 Å². The Balaban J connectivity index is 1.51. The molecule has 1 aromatic heterocycles. The number of nitrogens with zero attached hydrogens (tertiary/aromatic N) is 2. The van der Waals surface area contributed by atoms with Crippen LogP contribution in [0, 0.1) is 5.92 Å². The maximum Gasteiger partial charge on any atom is 0.223 e. The third-order valence-corrected chi connectivity index (χ3v) is 5.09. The van der Waals surface area contributed by atoms with Crippen molar-refractivity contribution in [1.29, 1.82) is 0 Å². The Morgan fingerprint density at radius 1 is 1.27 bits per heavy atom. The highest BCUT2D eigenvalue weighted by atomic mass is 79.9. The van der Waals surface area contributed by atoms with Crippen LogP contribution in [0.5, 0.6) is 0 Å². The molecule has 2 saturated heterocycles. The van der Waals surface area contributed by atoms with Gasteiger partial charge in [-0.15, -0.1) is 0 Å². The van der Waals surface area contributed by atoms with Gasteiger partial charge >= 0.3 is 0 Å². The van der Waals surface area contributed by atoms with Gasteiger partial charge in [-0.25, -0.2) is 4.98 Å². The fourth-order valence-corrected chi connectivity index (χ4v) is 3.63. The van der Waals surface area contributed by atoms with Gasteiger partial charge in [-0.3, -0.25) is 4.79 Å². The number of hydrogen-bond donors (Lipinski definition) is 1. The second-order valence-corrected chi connectivity index (χ2v) is 6.82. The van der Waals surface area contributed by atoms with Gasteiger partial charge in [0.15, 0.2) is 0 Å². The van der Waals surface area contributed by atoms with E-state index in [9.17, 15) is 4.79 Å². The number of ether oxygens (including phenoxy) is 1. The number of halogens is 1. The zero-order chi connectivity index (χ0) is 15.4. The van der Waals surface area contributed by atoms with Crippen molar-refractivity contribution in [1.82, 2.24) is 10.3 Å². The molecule has 0 bridgehead atoms. The smallest absolute Gasteiger partial charge is 0.223 e. The summed E-state index contributed by atoms with van der Waals surface area (Å²) < 4.78 is 6.35. The summed E-state index contributed by atoms with van der Waals surface area (Å²) in [4.78, 5) is 19.1. The number of aromatic nitrogens is 1. The molecule has 1 aromatic rings. The predicted molar refractivity (Wildman–Crippen MR) is 88.9 cm³/mol. The maximum absolute atomic E-state index is 12.4. The van der Waals surface area contributed by atoms with E-state index in [2.05, 4.69) is 31.1 Å². The van der Waals surface area contributed by atoms with Crippen LogP contribution in [-0.2, 0) is 9.53 Å². The lowest BCUT2D eigenvalue weighted by atomic mass is 9.95. The maximum atomic E-state index is 12.4. The predicted octanol–water partition coefficient (Wildman–Crippen LogP) is 2.36. The Labute approximate surface area is 139 Å². The second kappa shape index (κ2) is 7.42. The Morgan fingerprint density at radius 2 is 2.00 bits per heavy atom. The molecule has 3 rings (SSSR count). The van der Waals surface area contributed by atoms with E-state index in [0.717, 1.165) is 62.3 Å². The molecule has 0 unspecified atom stereocenters. The first-order valence-electron chi connectivity index (χ1n) is 7.97. The van der Waals surface area contributed by atoms with Gasteiger partial charge in [0.05, 0.1) is 4.47 Å². The number of amides is 1. The monoisotopic (exact) mass is 367 g/mol. The molecular formula is C16H22BrN3O2. The molecule has 0 radical (unpaired) electrons. The van der Waals surface area contributed by atoms with Crippen LogP contribution in [0.2, 0.25) is 0 Å². The lowest BCUT2D eigenvalue weighted by molar-refractivity contribution is -0.126. The van der Waals surface area contributed by atoms with Crippen LogP contribution in [0.1, 0.15) is 25.7 Å². The average molecular weight is 368 g/mol. The summed E-state index contributed by atoms with van der Waals surface area (Å²) in [5, 5.41) is 3.19. The summed E-state index contributed by atoms with van der Waals surface area (Å²) in [6.07, 6.45) is 5.46.